The zero-order valence-corrected chi connectivity index (χ0v) is 19.7. The first-order valence-electron chi connectivity index (χ1n) is 10.8. The van der Waals surface area contributed by atoms with E-state index in [2.05, 4.69) is 15.3 Å². The zero-order valence-electron chi connectivity index (χ0n) is 18.1. The highest BCUT2D eigenvalue weighted by molar-refractivity contribution is 7.99. The first-order valence-corrected chi connectivity index (χ1v) is 12.0. The summed E-state index contributed by atoms with van der Waals surface area (Å²) in [6.45, 7) is 0. The predicted molar refractivity (Wildman–Crippen MR) is 136 cm³/mol. The van der Waals surface area contributed by atoms with Crippen LogP contribution in [-0.4, -0.2) is 20.9 Å². The monoisotopic (exact) mass is 484 g/mol. The van der Waals surface area contributed by atoms with Crippen molar-refractivity contribution in [1.29, 1.82) is 0 Å². The number of para-hydroxylation sites is 2. The normalized spacial score (nSPS) is 11.9. The molecule has 1 amide bonds. The maximum Gasteiger partial charge on any atom is 0.254 e. The van der Waals surface area contributed by atoms with Crippen LogP contribution in [0.25, 0.3) is 11.0 Å². The molecule has 0 bridgehead atoms. The maximum atomic E-state index is 13.5. The van der Waals surface area contributed by atoms with E-state index in [0.29, 0.717) is 27.9 Å². The number of carbonyl (C=O) groups is 1. The Bertz CT molecular complexity index is 1390. The van der Waals surface area contributed by atoms with Crippen LogP contribution >= 0.6 is 23.4 Å². The van der Waals surface area contributed by atoms with Gasteiger partial charge >= 0.3 is 0 Å². The third-order valence-corrected chi connectivity index (χ3v) is 6.65. The lowest BCUT2D eigenvalue weighted by Crippen LogP contribution is -2.31. The number of hydrogen-bond donors (Lipinski definition) is 2. The average Bonchev–Trinajstić information content (AvgIpc) is 3.30. The molecule has 0 aliphatic rings. The lowest BCUT2D eigenvalue weighted by molar-refractivity contribution is 0.0931. The van der Waals surface area contributed by atoms with Crippen molar-refractivity contribution >= 4 is 40.3 Å². The van der Waals surface area contributed by atoms with Crippen LogP contribution in [0.1, 0.15) is 27.8 Å². The standard InChI is InChI=1S/C27H21ClN4OS/c28-19-12-14-20(15-13-19)34-27-21(9-6-16-29-27)26(33)32-24(17-18-7-2-1-3-8-18)25-30-22-10-4-5-11-23(22)31-25/h1-16,24H,17H2,(H,30,31)(H,32,33)/t24-/m0/s1. The number of amides is 1. The molecule has 0 unspecified atom stereocenters. The molecule has 0 aliphatic heterocycles. The van der Waals surface area contributed by atoms with Gasteiger partial charge in [0, 0.05) is 16.1 Å². The number of rotatable bonds is 7. The van der Waals surface area contributed by atoms with Crippen LogP contribution in [0.5, 0.6) is 0 Å². The van der Waals surface area contributed by atoms with Gasteiger partial charge in [0.1, 0.15) is 10.9 Å². The van der Waals surface area contributed by atoms with E-state index in [9.17, 15) is 4.79 Å². The van der Waals surface area contributed by atoms with Crippen molar-refractivity contribution in [2.24, 2.45) is 0 Å². The van der Waals surface area contributed by atoms with Crippen molar-refractivity contribution in [3.8, 4) is 0 Å². The maximum absolute atomic E-state index is 13.5. The van der Waals surface area contributed by atoms with Crippen LogP contribution in [-0.2, 0) is 6.42 Å². The number of pyridine rings is 1. The fourth-order valence-electron chi connectivity index (χ4n) is 3.70. The van der Waals surface area contributed by atoms with Crippen LogP contribution in [0.2, 0.25) is 5.02 Å². The highest BCUT2D eigenvalue weighted by Crippen LogP contribution is 2.30. The number of aromatic amines is 1. The number of nitrogens with one attached hydrogen (secondary N) is 2. The molecule has 168 valence electrons. The summed E-state index contributed by atoms with van der Waals surface area (Å²) in [5.74, 6) is 0.514. The van der Waals surface area contributed by atoms with Crippen LogP contribution in [0.15, 0.2) is 107 Å². The predicted octanol–water partition coefficient (Wildman–Crippen LogP) is 6.48. The number of halogens is 1. The number of imidazole rings is 1. The topological polar surface area (TPSA) is 70.7 Å². The van der Waals surface area contributed by atoms with Gasteiger partial charge in [-0.25, -0.2) is 9.97 Å². The molecule has 0 saturated carbocycles. The molecule has 0 spiro atoms. The van der Waals surface area contributed by atoms with Gasteiger partial charge < -0.3 is 10.3 Å². The van der Waals surface area contributed by atoms with Gasteiger partial charge in [-0.3, -0.25) is 4.79 Å². The Morgan fingerprint density at radius 1 is 0.941 bits per heavy atom. The Morgan fingerprint density at radius 3 is 2.50 bits per heavy atom. The molecule has 5 rings (SSSR count). The van der Waals surface area contributed by atoms with Gasteiger partial charge in [-0.15, -0.1) is 0 Å². The third kappa shape index (κ3) is 5.14. The van der Waals surface area contributed by atoms with Gasteiger partial charge in [-0.2, -0.15) is 0 Å². The van der Waals surface area contributed by atoms with E-state index >= 15 is 0 Å². The third-order valence-electron chi connectivity index (χ3n) is 5.37. The summed E-state index contributed by atoms with van der Waals surface area (Å²) >= 11 is 7.44. The highest BCUT2D eigenvalue weighted by atomic mass is 35.5. The number of aromatic nitrogens is 3. The fourth-order valence-corrected chi connectivity index (χ4v) is 4.70. The van der Waals surface area contributed by atoms with Gasteiger partial charge in [-0.05, 0) is 60.5 Å². The van der Waals surface area contributed by atoms with E-state index in [1.54, 1.807) is 18.3 Å². The van der Waals surface area contributed by atoms with E-state index in [1.165, 1.54) is 11.8 Å². The summed E-state index contributed by atoms with van der Waals surface area (Å²) in [4.78, 5) is 27.0. The zero-order chi connectivity index (χ0) is 23.3. The molecule has 0 aliphatic carbocycles. The van der Waals surface area contributed by atoms with Gasteiger partial charge in [0.15, 0.2) is 0 Å². The molecule has 1 atom stereocenters. The van der Waals surface area contributed by atoms with Crippen molar-refractivity contribution in [2.75, 3.05) is 0 Å². The van der Waals surface area contributed by atoms with Gasteiger partial charge in [-0.1, -0.05) is 65.8 Å². The first-order chi connectivity index (χ1) is 16.7. The van der Waals surface area contributed by atoms with Crippen LogP contribution in [0.3, 0.4) is 0 Å². The van der Waals surface area contributed by atoms with Crippen molar-refractivity contribution < 1.29 is 4.79 Å². The van der Waals surface area contributed by atoms with E-state index in [-0.39, 0.29) is 11.9 Å². The minimum atomic E-state index is -0.337. The summed E-state index contributed by atoms with van der Waals surface area (Å²) in [6.07, 6.45) is 2.29. The summed E-state index contributed by atoms with van der Waals surface area (Å²) in [7, 11) is 0. The molecule has 5 aromatic rings. The molecule has 3 aromatic carbocycles. The van der Waals surface area contributed by atoms with Crippen molar-refractivity contribution in [1.82, 2.24) is 20.3 Å². The number of hydrogen-bond acceptors (Lipinski definition) is 4. The number of nitrogens with zero attached hydrogens (tertiary/aromatic N) is 2. The Balaban J connectivity index is 1.44. The average molecular weight is 485 g/mol. The van der Waals surface area contributed by atoms with E-state index < -0.39 is 0 Å². The van der Waals surface area contributed by atoms with Crippen LogP contribution in [0.4, 0.5) is 0 Å². The number of fused-ring (bicyclic) bond motifs is 1. The van der Waals surface area contributed by atoms with Gasteiger partial charge in [0.05, 0.1) is 22.6 Å². The molecule has 34 heavy (non-hydrogen) atoms. The molecule has 2 heterocycles. The molecular weight excluding hydrogens is 464 g/mol. The molecule has 7 heteroatoms. The summed E-state index contributed by atoms with van der Waals surface area (Å²) in [6, 6.07) is 28.6. The highest BCUT2D eigenvalue weighted by Gasteiger charge is 2.22. The summed E-state index contributed by atoms with van der Waals surface area (Å²) in [5, 5.41) is 4.48. The van der Waals surface area contributed by atoms with Crippen LogP contribution in [0, 0.1) is 0 Å². The van der Waals surface area contributed by atoms with Gasteiger partial charge in [0.25, 0.3) is 5.91 Å². The van der Waals surface area contributed by atoms with Crippen LogP contribution < -0.4 is 5.32 Å². The van der Waals surface area contributed by atoms with E-state index in [4.69, 9.17) is 16.6 Å². The van der Waals surface area contributed by atoms with Crippen molar-refractivity contribution in [3.05, 3.63) is 119 Å². The first kappa shape index (κ1) is 22.2. The lowest BCUT2D eigenvalue weighted by Gasteiger charge is -2.18. The Morgan fingerprint density at radius 2 is 1.71 bits per heavy atom. The quantitative estimate of drug-likeness (QED) is 0.277. The number of benzene rings is 3. The minimum Gasteiger partial charge on any atom is -0.342 e. The molecule has 2 N–H and O–H groups in total. The second-order valence-corrected chi connectivity index (χ2v) is 9.27. The Labute approximate surface area is 206 Å². The summed E-state index contributed by atoms with van der Waals surface area (Å²) in [5.41, 5.74) is 3.42. The molecule has 5 nitrogen and oxygen atoms in total. The number of H-pyrrole nitrogens is 1. The molecule has 0 radical (unpaired) electrons. The molecular formula is C27H21ClN4OS. The largest absolute Gasteiger partial charge is 0.342 e. The SMILES string of the molecule is O=C(N[C@@H](Cc1ccccc1)c1nc2ccccc2[nH]1)c1cccnc1Sc1ccc(Cl)cc1. The fraction of sp³-hybridized carbons (Fsp3) is 0.0741. The Kier molecular flexibility index (Phi) is 6.60. The van der Waals surface area contributed by atoms with Gasteiger partial charge in [0.2, 0.25) is 0 Å². The second-order valence-electron chi connectivity index (χ2n) is 7.77. The molecule has 0 fully saturated rings. The smallest absolute Gasteiger partial charge is 0.254 e. The Hall–Kier alpha value is -3.61. The number of carbonyl (C=O) groups excluding carboxylic acids is 1. The van der Waals surface area contributed by atoms with Crippen molar-refractivity contribution in [2.45, 2.75) is 22.4 Å². The van der Waals surface area contributed by atoms with E-state index in [1.807, 2.05) is 78.9 Å². The second kappa shape index (κ2) is 10.1. The molecule has 2 aromatic heterocycles. The van der Waals surface area contributed by atoms with Crippen molar-refractivity contribution in [3.63, 3.8) is 0 Å². The van der Waals surface area contributed by atoms with E-state index in [0.717, 1.165) is 21.5 Å². The summed E-state index contributed by atoms with van der Waals surface area (Å²) < 4.78 is 0. The molecule has 0 saturated heterocycles. The minimum absolute atomic E-state index is 0.203. The lowest BCUT2D eigenvalue weighted by atomic mass is 10.0.